The summed E-state index contributed by atoms with van der Waals surface area (Å²) in [7, 11) is 0. The molecule has 0 saturated carbocycles. The predicted molar refractivity (Wildman–Crippen MR) is 58.0 cm³/mol. The van der Waals surface area contributed by atoms with Crippen LogP contribution in [0.2, 0.25) is 0 Å². The Kier molecular flexibility index (Phi) is 3.18. The minimum atomic E-state index is -4.31. The van der Waals surface area contributed by atoms with Crippen LogP contribution in [0, 0.1) is 12.3 Å². The lowest BCUT2D eigenvalue weighted by Crippen LogP contribution is -2.28. The molecule has 0 atom stereocenters. The molecule has 0 unspecified atom stereocenters. The molecule has 0 amide bonds. The Morgan fingerprint density at radius 2 is 1.62 bits per heavy atom. The summed E-state index contributed by atoms with van der Waals surface area (Å²) in [6.07, 6.45) is 0.955. The molecule has 0 aliphatic heterocycles. The molecule has 1 rings (SSSR count). The largest absolute Gasteiger partial charge is 0.416 e. The second-order valence-corrected chi connectivity index (χ2v) is 3.97. The van der Waals surface area contributed by atoms with Crippen molar-refractivity contribution in [3.05, 3.63) is 29.8 Å². The van der Waals surface area contributed by atoms with E-state index in [4.69, 9.17) is 6.42 Å². The van der Waals surface area contributed by atoms with E-state index in [2.05, 4.69) is 11.2 Å². The zero-order valence-corrected chi connectivity index (χ0v) is 9.02. The number of halogens is 3. The van der Waals surface area contributed by atoms with Crippen LogP contribution in [0.4, 0.5) is 18.9 Å². The number of alkyl halides is 3. The Balaban J connectivity index is 2.85. The zero-order valence-electron chi connectivity index (χ0n) is 9.02. The lowest BCUT2D eigenvalue weighted by atomic mass is 10.1. The molecule has 4 heteroatoms. The number of rotatable bonds is 2. The van der Waals surface area contributed by atoms with Crippen LogP contribution < -0.4 is 5.32 Å². The molecule has 1 N–H and O–H groups in total. The Hall–Kier alpha value is -1.63. The highest BCUT2D eigenvalue weighted by molar-refractivity contribution is 5.49. The van der Waals surface area contributed by atoms with Crippen molar-refractivity contribution in [1.29, 1.82) is 0 Å². The van der Waals surface area contributed by atoms with Gasteiger partial charge < -0.3 is 5.32 Å². The molecule has 0 radical (unpaired) electrons. The van der Waals surface area contributed by atoms with Gasteiger partial charge in [-0.1, -0.05) is 5.92 Å². The normalized spacial score (nSPS) is 12.0. The topological polar surface area (TPSA) is 12.0 Å². The molecule has 0 aromatic heterocycles. The highest BCUT2D eigenvalue weighted by Gasteiger charge is 2.30. The molecule has 1 nitrogen and oxygen atoms in total. The summed E-state index contributed by atoms with van der Waals surface area (Å²) in [5.41, 5.74) is -0.688. The van der Waals surface area contributed by atoms with Gasteiger partial charge in [-0.15, -0.1) is 6.42 Å². The van der Waals surface area contributed by atoms with Gasteiger partial charge in [0.05, 0.1) is 11.1 Å². The van der Waals surface area contributed by atoms with E-state index in [9.17, 15) is 13.2 Å². The highest BCUT2D eigenvalue weighted by Crippen LogP contribution is 2.30. The first-order valence-electron chi connectivity index (χ1n) is 4.68. The van der Waals surface area contributed by atoms with Crippen LogP contribution in [-0.4, -0.2) is 5.54 Å². The van der Waals surface area contributed by atoms with Crippen molar-refractivity contribution in [3.63, 3.8) is 0 Å². The summed E-state index contributed by atoms with van der Waals surface area (Å²) in [5.74, 6) is 2.50. The summed E-state index contributed by atoms with van der Waals surface area (Å²) in [5, 5.41) is 2.94. The van der Waals surface area contributed by atoms with E-state index in [1.807, 2.05) is 0 Å². The highest BCUT2D eigenvalue weighted by atomic mass is 19.4. The Labute approximate surface area is 92.7 Å². The fourth-order valence-electron chi connectivity index (χ4n) is 1.14. The number of hydrogen-bond acceptors (Lipinski definition) is 1. The maximum absolute atomic E-state index is 12.3. The van der Waals surface area contributed by atoms with E-state index >= 15 is 0 Å². The van der Waals surface area contributed by atoms with E-state index < -0.39 is 17.3 Å². The number of hydrogen-bond donors (Lipinski definition) is 1. The van der Waals surface area contributed by atoms with E-state index in [1.54, 1.807) is 13.8 Å². The first-order valence-corrected chi connectivity index (χ1v) is 4.68. The molecule has 0 saturated heterocycles. The van der Waals surface area contributed by atoms with E-state index in [-0.39, 0.29) is 0 Å². The van der Waals surface area contributed by atoms with E-state index in [0.29, 0.717) is 5.69 Å². The fourth-order valence-corrected chi connectivity index (χ4v) is 1.14. The third-order valence-electron chi connectivity index (χ3n) is 2.03. The summed E-state index contributed by atoms with van der Waals surface area (Å²) >= 11 is 0. The van der Waals surface area contributed by atoms with Crippen molar-refractivity contribution >= 4 is 5.69 Å². The fraction of sp³-hybridized carbons (Fsp3) is 0.333. The van der Waals surface area contributed by atoms with Gasteiger partial charge in [0.2, 0.25) is 0 Å². The summed E-state index contributed by atoms with van der Waals surface area (Å²) in [4.78, 5) is 0. The van der Waals surface area contributed by atoms with Crippen LogP contribution in [0.5, 0.6) is 0 Å². The van der Waals surface area contributed by atoms with Crippen LogP contribution >= 0.6 is 0 Å². The van der Waals surface area contributed by atoms with Gasteiger partial charge in [0.1, 0.15) is 0 Å². The SMILES string of the molecule is C#CC(C)(C)Nc1ccc(C(F)(F)F)cc1. The molecular weight excluding hydrogens is 215 g/mol. The maximum Gasteiger partial charge on any atom is 0.416 e. The van der Waals surface area contributed by atoms with Gasteiger partial charge >= 0.3 is 6.18 Å². The van der Waals surface area contributed by atoms with Crippen LogP contribution in [0.3, 0.4) is 0 Å². The second kappa shape index (κ2) is 4.09. The van der Waals surface area contributed by atoms with Gasteiger partial charge in [-0.25, -0.2) is 0 Å². The molecular formula is C12H12F3N. The average molecular weight is 227 g/mol. The van der Waals surface area contributed by atoms with Gasteiger partial charge in [-0.2, -0.15) is 13.2 Å². The van der Waals surface area contributed by atoms with Gasteiger partial charge in [-0.05, 0) is 38.1 Å². The third kappa shape index (κ3) is 3.20. The maximum atomic E-state index is 12.3. The lowest BCUT2D eigenvalue weighted by molar-refractivity contribution is -0.137. The number of benzene rings is 1. The molecule has 86 valence electrons. The molecule has 0 heterocycles. The minimum Gasteiger partial charge on any atom is -0.370 e. The third-order valence-corrected chi connectivity index (χ3v) is 2.03. The molecule has 16 heavy (non-hydrogen) atoms. The van der Waals surface area contributed by atoms with Crippen molar-refractivity contribution in [2.24, 2.45) is 0 Å². The quantitative estimate of drug-likeness (QED) is 0.762. The van der Waals surface area contributed by atoms with Crippen molar-refractivity contribution < 1.29 is 13.2 Å². The lowest BCUT2D eigenvalue weighted by Gasteiger charge is -2.21. The standard InChI is InChI=1S/C12H12F3N/c1-4-11(2,3)16-10-7-5-9(6-8-10)12(13,14)15/h1,5-8,16H,2-3H3. The first-order chi connectivity index (χ1) is 7.24. The number of terminal acetylenes is 1. The van der Waals surface area contributed by atoms with E-state index in [0.717, 1.165) is 12.1 Å². The monoisotopic (exact) mass is 227 g/mol. The molecule has 0 aliphatic carbocycles. The number of nitrogens with one attached hydrogen (secondary N) is 1. The van der Waals surface area contributed by atoms with Crippen LogP contribution in [0.25, 0.3) is 0 Å². The summed E-state index contributed by atoms with van der Waals surface area (Å²) in [6.45, 7) is 3.54. The van der Waals surface area contributed by atoms with Gasteiger partial charge in [0, 0.05) is 5.69 Å². The van der Waals surface area contributed by atoms with Gasteiger partial charge in [0.15, 0.2) is 0 Å². The zero-order chi connectivity index (χ0) is 12.4. The average Bonchev–Trinajstić information content (AvgIpc) is 2.16. The van der Waals surface area contributed by atoms with Crippen LogP contribution in [0.1, 0.15) is 19.4 Å². The van der Waals surface area contributed by atoms with Gasteiger partial charge in [0.25, 0.3) is 0 Å². The van der Waals surface area contributed by atoms with Crippen molar-refractivity contribution in [3.8, 4) is 12.3 Å². The minimum absolute atomic E-state index is 0.566. The predicted octanol–water partition coefficient (Wildman–Crippen LogP) is 3.53. The summed E-state index contributed by atoms with van der Waals surface area (Å²) < 4.78 is 36.8. The van der Waals surface area contributed by atoms with Crippen LogP contribution in [-0.2, 0) is 6.18 Å². The Bertz CT molecular complexity index is 396. The van der Waals surface area contributed by atoms with E-state index in [1.165, 1.54) is 12.1 Å². The van der Waals surface area contributed by atoms with Gasteiger partial charge in [-0.3, -0.25) is 0 Å². The molecule has 0 spiro atoms. The number of anilines is 1. The Morgan fingerprint density at radius 3 is 2.00 bits per heavy atom. The molecule has 0 fully saturated rings. The molecule has 1 aromatic rings. The summed E-state index contributed by atoms with van der Waals surface area (Å²) in [6, 6.07) is 4.77. The first kappa shape index (κ1) is 12.4. The second-order valence-electron chi connectivity index (χ2n) is 3.97. The smallest absolute Gasteiger partial charge is 0.370 e. The Morgan fingerprint density at radius 1 is 1.12 bits per heavy atom. The van der Waals surface area contributed by atoms with Crippen molar-refractivity contribution in [2.75, 3.05) is 5.32 Å². The van der Waals surface area contributed by atoms with Crippen LogP contribution in [0.15, 0.2) is 24.3 Å². The molecule has 0 bridgehead atoms. The van der Waals surface area contributed by atoms with Crippen molar-refractivity contribution in [1.82, 2.24) is 0 Å². The molecule has 1 aromatic carbocycles. The van der Waals surface area contributed by atoms with Crippen molar-refractivity contribution in [2.45, 2.75) is 25.6 Å². The molecule has 0 aliphatic rings.